The van der Waals surface area contributed by atoms with Crippen molar-refractivity contribution in [1.29, 1.82) is 0 Å². The molecule has 1 aromatic heterocycles. The number of amides is 2. The van der Waals surface area contributed by atoms with Crippen LogP contribution in [0.3, 0.4) is 0 Å². The Morgan fingerprint density at radius 2 is 1.61 bits per heavy atom. The Hall–Kier alpha value is -4.38. The Balaban J connectivity index is 1.22. The van der Waals surface area contributed by atoms with Crippen molar-refractivity contribution in [1.82, 2.24) is 15.1 Å². The van der Waals surface area contributed by atoms with Gasteiger partial charge in [-0.3, -0.25) is 14.7 Å². The van der Waals surface area contributed by atoms with Crippen LogP contribution in [0.15, 0.2) is 54.6 Å². The van der Waals surface area contributed by atoms with Crippen molar-refractivity contribution in [2.75, 3.05) is 48.8 Å². The zero-order valence-corrected chi connectivity index (χ0v) is 20.5. The quantitative estimate of drug-likeness (QED) is 0.258. The fourth-order valence-corrected chi connectivity index (χ4v) is 4.38. The number of piperazine rings is 1. The lowest BCUT2D eigenvalue weighted by atomic mass is 10.1. The SMILES string of the molecule is CN1CCN(c2ccc(-c3n[nH]c4cc(NC(=O)CC(=O)Nc5ccc(F)c(F)c5F)ccc34)cc2)CC1. The standard InChI is InChI=1S/C27H25F3N6O2/c1-35-10-12-36(13-11-35)18-5-2-16(3-6-18)27-19-7-4-17(14-22(19)33-34-27)31-23(37)15-24(38)32-21-9-8-20(28)25(29)26(21)30/h2-9,14H,10-13,15H2,1H3,(H,31,37)(H,32,38)(H,33,34). The topological polar surface area (TPSA) is 93.4 Å². The number of nitrogens with zero attached hydrogens (tertiary/aromatic N) is 3. The van der Waals surface area contributed by atoms with Crippen LogP contribution in [-0.2, 0) is 9.59 Å². The van der Waals surface area contributed by atoms with E-state index in [9.17, 15) is 22.8 Å². The first-order chi connectivity index (χ1) is 18.3. The first-order valence-corrected chi connectivity index (χ1v) is 12.0. The van der Waals surface area contributed by atoms with E-state index in [0.29, 0.717) is 17.3 Å². The van der Waals surface area contributed by atoms with Crippen LogP contribution in [-0.4, -0.2) is 60.1 Å². The fourth-order valence-electron chi connectivity index (χ4n) is 4.38. The third-order valence-electron chi connectivity index (χ3n) is 6.49. The molecular formula is C27H25F3N6O2. The van der Waals surface area contributed by atoms with E-state index in [1.807, 2.05) is 18.2 Å². The molecule has 4 aromatic rings. The van der Waals surface area contributed by atoms with Gasteiger partial charge in [-0.2, -0.15) is 5.10 Å². The van der Waals surface area contributed by atoms with Gasteiger partial charge < -0.3 is 20.4 Å². The van der Waals surface area contributed by atoms with E-state index in [1.165, 1.54) is 5.69 Å². The summed E-state index contributed by atoms with van der Waals surface area (Å²) in [5, 5.41) is 12.9. The summed E-state index contributed by atoms with van der Waals surface area (Å²) >= 11 is 0. The molecule has 0 spiro atoms. The lowest BCUT2D eigenvalue weighted by molar-refractivity contribution is -0.123. The molecule has 5 rings (SSSR count). The average molecular weight is 523 g/mol. The zero-order chi connectivity index (χ0) is 26.8. The molecule has 3 aromatic carbocycles. The predicted octanol–water partition coefficient (Wildman–Crippen LogP) is 4.37. The molecular weight excluding hydrogens is 497 g/mol. The van der Waals surface area contributed by atoms with Crippen molar-refractivity contribution < 1.29 is 22.8 Å². The molecule has 2 heterocycles. The number of fused-ring (bicyclic) bond motifs is 1. The summed E-state index contributed by atoms with van der Waals surface area (Å²) < 4.78 is 40.2. The van der Waals surface area contributed by atoms with Crippen LogP contribution in [0.25, 0.3) is 22.2 Å². The maximum atomic E-state index is 13.8. The first kappa shape index (κ1) is 25.3. The second-order valence-electron chi connectivity index (χ2n) is 9.17. The smallest absolute Gasteiger partial charge is 0.233 e. The van der Waals surface area contributed by atoms with Gasteiger partial charge in [-0.1, -0.05) is 12.1 Å². The van der Waals surface area contributed by atoms with Crippen molar-refractivity contribution in [2.24, 2.45) is 0 Å². The number of aromatic nitrogens is 2. The monoisotopic (exact) mass is 522 g/mol. The Bertz CT molecular complexity index is 1500. The van der Waals surface area contributed by atoms with Crippen molar-refractivity contribution >= 4 is 39.8 Å². The molecule has 0 bridgehead atoms. The van der Waals surface area contributed by atoms with Gasteiger partial charge in [0.25, 0.3) is 0 Å². The van der Waals surface area contributed by atoms with Gasteiger partial charge in [-0.05, 0) is 49.5 Å². The Kier molecular flexibility index (Phi) is 7.01. The van der Waals surface area contributed by atoms with E-state index in [1.54, 1.807) is 12.1 Å². The molecule has 1 aliphatic heterocycles. The van der Waals surface area contributed by atoms with E-state index in [0.717, 1.165) is 48.9 Å². The van der Waals surface area contributed by atoms with E-state index in [2.05, 4.69) is 49.8 Å². The van der Waals surface area contributed by atoms with Crippen LogP contribution in [0.2, 0.25) is 0 Å². The van der Waals surface area contributed by atoms with Gasteiger partial charge in [0, 0.05) is 48.5 Å². The predicted molar refractivity (Wildman–Crippen MR) is 139 cm³/mol. The van der Waals surface area contributed by atoms with E-state index in [4.69, 9.17) is 0 Å². The molecule has 0 radical (unpaired) electrons. The Morgan fingerprint density at radius 3 is 2.34 bits per heavy atom. The minimum Gasteiger partial charge on any atom is -0.369 e. The number of anilines is 3. The highest BCUT2D eigenvalue weighted by molar-refractivity contribution is 6.08. The van der Waals surface area contributed by atoms with Crippen LogP contribution in [0.1, 0.15) is 6.42 Å². The summed E-state index contributed by atoms with van der Waals surface area (Å²) in [6.45, 7) is 4.03. The van der Waals surface area contributed by atoms with Crippen LogP contribution >= 0.6 is 0 Å². The van der Waals surface area contributed by atoms with Crippen LogP contribution in [0.5, 0.6) is 0 Å². The van der Waals surface area contributed by atoms with Gasteiger partial charge in [0.05, 0.1) is 16.9 Å². The van der Waals surface area contributed by atoms with Gasteiger partial charge in [0.1, 0.15) is 6.42 Å². The highest BCUT2D eigenvalue weighted by Crippen LogP contribution is 2.30. The average Bonchev–Trinajstić information content (AvgIpc) is 3.33. The van der Waals surface area contributed by atoms with Crippen molar-refractivity contribution in [3.63, 3.8) is 0 Å². The molecule has 0 atom stereocenters. The number of hydrogen-bond acceptors (Lipinski definition) is 5. The molecule has 2 amide bonds. The van der Waals surface area contributed by atoms with Gasteiger partial charge in [0.15, 0.2) is 17.5 Å². The van der Waals surface area contributed by atoms with E-state index < -0.39 is 41.4 Å². The summed E-state index contributed by atoms with van der Waals surface area (Å²) in [5.41, 5.74) is 3.46. The third-order valence-corrected chi connectivity index (χ3v) is 6.49. The number of benzene rings is 3. The molecule has 8 nitrogen and oxygen atoms in total. The van der Waals surface area contributed by atoms with Crippen LogP contribution < -0.4 is 15.5 Å². The van der Waals surface area contributed by atoms with Gasteiger partial charge >= 0.3 is 0 Å². The summed E-state index contributed by atoms with van der Waals surface area (Å²) in [6, 6.07) is 15.0. The number of H-pyrrole nitrogens is 1. The third kappa shape index (κ3) is 5.32. The van der Waals surface area contributed by atoms with Crippen molar-refractivity contribution in [2.45, 2.75) is 6.42 Å². The van der Waals surface area contributed by atoms with Gasteiger partial charge in [-0.15, -0.1) is 0 Å². The van der Waals surface area contributed by atoms with Crippen molar-refractivity contribution in [3.8, 4) is 11.3 Å². The lowest BCUT2D eigenvalue weighted by Crippen LogP contribution is -2.44. The molecule has 1 aliphatic rings. The van der Waals surface area contributed by atoms with E-state index >= 15 is 0 Å². The fraction of sp³-hybridized carbons (Fsp3) is 0.222. The van der Waals surface area contributed by atoms with Crippen molar-refractivity contribution in [3.05, 3.63) is 72.0 Å². The van der Waals surface area contributed by atoms with Crippen LogP contribution in [0, 0.1) is 17.5 Å². The molecule has 11 heteroatoms. The maximum Gasteiger partial charge on any atom is 0.233 e. The number of rotatable bonds is 6. The zero-order valence-electron chi connectivity index (χ0n) is 20.5. The van der Waals surface area contributed by atoms with Crippen LogP contribution in [0.4, 0.5) is 30.2 Å². The number of nitrogens with one attached hydrogen (secondary N) is 3. The van der Waals surface area contributed by atoms with E-state index in [-0.39, 0.29) is 0 Å². The highest BCUT2D eigenvalue weighted by Gasteiger charge is 2.18. The van der Waals surface area contributed by atoms with Gasteiger partial charge in [0.2, 0.25) is 11.8 Å². The Labute approximate surface area is 216 Å². The molecule has 38 heavy (non-hydrogen) atoms. The summed E-state index contributed by atoms with van der Waals surface area (Å²) in [5.74, 6) is -6.15. The Morgan fingerprint density at radius 1 is 0.895 bits per heavy atom. The number of halogens is 3. The molecule has 0 unspecified atom stereocenters. The summed E-state index contributed by atoms with van der Waals surface area (Å²) in [4.78, 5) is 29.1. The molecule has 1 fully saturated rings. The number of likely N-dealkylation sites (N-methyl/N-ethyl adjacent to an activating group) is 1. The highest BCUT2D eigenvalue weighted by atomic mass is 19.2. The van der Waals surface area contributed by atoms with Gasteiger partial charge in [-0.25, -0.2) is 13.2 Å². The summed E-state index contributed by atoms with van der Waals surface area (Å²) in [6.07, 6.45) is -0.648. The minimum atomic E-state index is -1.70. The normalized spacial score (nSPS) is 14.1. The minimum absolute atomic E-state index is 0.426. The number of aromatic amines is 1. The number of carbonyl (C=O) groups is 2. The second kappa shape index (κ2) is 10.5. The molecule has 196 valence electrons. The molecule has 0 aliphatic carbocycles. The first-order valence-electron chi connectivity index (χ1n) is 12.0. The molecule has 1 saturated heterocycles. The largest absolute Gasteiger partial charge is 0.369 e. The summed E-state index contributed by atoms with van der Waals surface area (Å²) in [7, 11) is 2.12. The number of hydrogen-bond donors (Lipinski definition) is 3. The lowest BCUT2D eigenvalue weighted by Gasteiger charge is -2.34. The second-order valence-corrected chi connectivity index (χ2v) is 9.17. The number of carbonyl (C=O) groups excluding carboxylic acids is 2. The molecule has 0 saturated carbocycles. The molecule has 3 N–H and O–H groups in total. The maximum absolute atomic E-state index is 13.8.